The highest BCUT2D eigenvalue weighted by molar-refractivity contribution is 4.93. The van der Waals surface area contributed by atoms with Crippen LogP contribution in [0.5, 0.6) is 0 Å². The van der Waals surface area contributed by atoms with Crippen LogP contribution < -0.4 is 5.73 Å². The zero-order valence-corrected chi connectivity index (χ0v) is 14.8. The van der Waals surface area contributed by atoms with Gasteiger partial charge in [0.25, 0.3) is 0 Å². The van der Waals surface area contributed by atoms with Gasteiger partial charge in [-0.2, -0.15) is 0 Å². The Hall–Kier alpha value is -0.120. The minimum atomic E-state index is -0.582. The number of hydrogen-bond donors (Lipinski definition) is 2. The van der Waals surface area contributed by atoms with Crippen molar-refractivity contribution in [1.29, 1.82) is 0 Å². The van der Waals surface area contributed by atoms with E-state index in [1.54, 1.807) is 0 Å². The van der Waals surface area contributed by atoms with E-state index in [-0.39, 0.29) is 0 Å². The molecule has 0 aromatic heterocycles. The van der Waals surface area contributed by atoms with Crippen LogP contribution in [0.25, 0.3) is 0 Å². The van der Waals surface area contributed by atoms with E-state index in [0.29, 0.717) is 12.5 Å². The van der Waals surface area contributed by atoms with Crippen molar-refractivity contribution in [2.45, 2.75) is 71.8 Å². The van der Waals surface area contributed by atoms with Gasteiger partial charge in [-0.25, -0.2) is 0 Å². The van der Waals surface area contributed by atoms with Crippen LogP contribution in [0.3, 0.4) is 0 Å². The molecule has 3 nitrogen and oxygen atoms in total. The minimum absolute atomic E-state index is 0.406. The lowest BCUT2D eigenvalue weighted by Crippen LogP contribution is -2.42. The maximum atomic E-state index is 10.6. The predicted octanol–water partition coefficient (Wildman–Crippen LogP) is 3.26. The van der Waals surface area contributed by atoms with Crippen molar-refractivity contribution < 1.29 is 5.11 Å². The molecular weight excluding hydrogens is 260 g/mol. The molecule has 0 spiro atoms. The van der Waals surface area contributed by atoms with Gasteiger partial charge in [0.2, 0.25) is 0 Å². The molecule has 0 radical (unpaired) electrons. The molecule has 0 saturated heterocycles. The first kappa shape index (κ1) is 18.9. The smallest absolute Gasteiger partial charge is 0.0797 e. The van der Waals surface area contributed by atoms with E-state index in [1.165, 1.54) is 25.9 Å². The molecule has 0 amide bonds. The lowest BCUT2D eigenvalue weighted by atomic mass is 9.88. The molecule has 1 aliphatic carbocycles. The third-order valence-electron chi connectivity index (χ3n) is 5.11. The zero-order chi connectivity index (χ0) is 15.9. The number of aliphatic hydroxyl groups is 1. The summed E-state index contributed by atoms with van der Waals surface area (Å²) in [4.78, 5) is 2.61. The Morgan fingerprint density at radius 3 is 2.14 bits per heavy atom. The summed E-state index contributed by atoms with van der Waals surface area (Å²) >= 11 is 0. The van der Waals surface area contributed by atoms with Crippen LogP contribution >= 0.6 is 0 Å². The second kappa shape index (κ2) is 9.12. The van der Waals surface area contributed by atoms with E-state index >= 15 is 0 Å². The third-order valence-corrected chi connectivity index (χ3v) is 5.11. The summed E-state index contributed by atoms with van der Waals surface area (Å²) in [6, 6.07) is 0. The monoisotopic (exact) mass is 298 g/mol. The van der Waals surface area contributed by atoms with Crippen molar-refractivity contribution in [2.75, 3.05) is 26.2 Å². The first-order valence-corrected chi connectivity index (χ1v) is 9.02. The largest absolute Gasteiger partial charge is 0.388 e. The predicted molar refractivity (Wildman–Crippen MR) is 91.3 cm³/mol. The molecular formula is C18H38N2O. The summed E-state index contributed by atoms with van der Waals surface area (Å²) in [7, 11) is 0. The normalized spacial score (nSPS) is 26.4. The highest BCUT2D eigenvalue weighted by Crippen LogP contribution is 2.37. The molecule has 126 valence electrons. The molecule has 0 heterocycles. The molecule has 3 heteroatoms. The van der Waals surface area contributed by atoms with E-state index in [1.807, 2.05) is 0 Å². The van der Waals surface area contributed by atoms with E-state index in [9.17, 15) is 5.11 Å². The van der Waals surface area contributed by atoms with Crippen molar-refractivity contribution in [3.05, 3.63) is 0 Å². The van der Waals surface area contributed by atoms with Gasteiger partial charge in [0.05, 0.1) is 5.60 Å². The van der Waals surface area contributed by atoms with Crippen molar-refractivity contribution in [3.8, 4) is 0 Å². The Balaban J connectivity index is 2.43. The SMILES string of the molecule is CC(C)CCN(CCC(C)C)CCC1CCCC1(O)CN. The minimum Gasteiger partial charge on any atom is -0.388 e. The van der Waals surface area contributed by atoms with Crippen LogP contribution in [-0.2, 0) is 0 Å². The number of nitrogens with zero attached hydrogens (tertiary/aromatic N) is 1. The molecule has 0 aromatic rings. The molecule has 0 aromatic carbocycles. The summed E-state index contributed by atoms with van der Waals surface area (Å²) < 4.78 is 0. The quantitative estimate of drug-likeness (QED) is 0.651. The third kappa shape index (κ3) is 6.66. The van der Waals surface area contributed by atoms with E-state index in [4.69, 9.17) is 5.73 Å². The van der Waals surface area contributed by atoms with E-state index in [0.717, 1.165) is 44.1 Å². The average Bonchev–Trinajstić information content (AvgIpc) is 2.79. The lowest BCUT2D eigenvalue weighted by Gasteiger charge is -2.31. The highest BCUT2D eigenvalue weighted by atomic mass is 16.3. The highest BCUT2D eigenvalue weighted by Gasteiger charge is 2.39. The fourth-order valence-electron chi connectivity index (χ4n) is 3.36. The van der Waals surface area contributed by atoms with Gasteiger partial charge >= 0.3 is 0 Å². The van der Waals surface area contributed by atoms with Crippen LogP contribution in [0.1, 0.15) is 66.2 Å². The van der Waals surface area contributed by atoms with Crippen LogP contribution in [-0.4, -0.2) is 41.8 Å². The molecule has 3 N–H and O–H groups in total. The molecule has 1 fully saturated rings. The van der Waals surface area contributed by atoms with Crippen LogP contribution in [0, 0.1) is 17.8 Å². The molecule has 21 heavy (non-hydrogen) atoms. The first-order valence-electron chi connectivity index (χ1n) is 9.02. The topological polar surface area (TPSA) is 49.5 Å². The second-order valence-corrected chi connectivity index (χ2v) is 7.89. The van der Waals surface area contributed by atoms with E-state index < -0.39 is 5.60 Å². The molecule has 2 unspecified atom stereocenters. The Kier molecular flexibility index (Phi) is 8.22. The summed E-state index contributed by atoms with van der Waals surface area (Å²) in [5.41, 5.74) is 5.22. The Morgan fingerprint density at radius 2 is 1.67 bits per heavy atom. The molecule has 1 saturated carbocycles. The number of hydrogen-bond acceptors (Lipinski definition) is 3. The first-order chi connectivity index (χ1) is 9.87. The van der Waals surface area contributed by atoms with Crippen molar-refractivity contribution >= 4 is 0 Å². The standard InChI is InChI=1S/C18H38N2O/c1-15(2)7-11-20(12-8-16(3)4)13-9-17-6-5-10-18(17,21)14-19/h15-17,21H,5-14,19H2,1-4H3. The van der Waals surface area contributed by atoms with Crippen LogP contribution in [0.2, 0.25) is 0 Å². The van der Waals surface area contributed by atoms with Gasteiger partial charge in [-0.1, -0.05) is 34.1 Å². The van der Waals surface area contributed by atoms with Crippen LogP contribution in [0.15, 0.2) is 0 Å². The van der Waals surface area contributed by atoms with Gasteiger partial charge in [0, 0.05) is 6.54 Å². The second-order valence-electron chi connectivity index (χ2n) is 7.89. The Labute approximate surface area is 132 Å². The average molecular weight is 299 g/mol. The zero-order valence-electron chi connectivity index (χ0n) is 14.8. The number of rotatable bonds is 10. The number of nitrogens with two attached hydrogens (primary N) is 1. The fraction of sp³-hybridized carbons (Fsp3) is 1.00. The molecule has 2 atom stereocenters. The van der Waals surface area contributed by atoms with Crippen molar-refractivity contribution in [3.63, 3.8) is 0 Å². The Bertz CT molecular complexity index is 268. The van der Waals surface area contributed by atoms with Gasteiger partial charge in [0.1, 0.15) is 0 Å². The summed E-state index contributed by atoms with van der Waals surface area (Å²) in [6.07, 6.45) is 6.82. The molecule has 1 aliphatic rings. The molecule has 0 aliphatic heterocycles. The molecule has 0 bridgehead atoms. The summed E-state index contributed by atoms with van der Waals surface area (Å²) in [6.45, 7) is 13.1. The van der Waals surface area contributed by atoms with Gasteiger partial charge in [-0.3, -0.25) is 0 Å². The summed E-state index contributed by atoms with van der Waals surface area (Å²) in [5, 5.41) is 10.6. The van der Waals surface area contributed by atoms with Crippen molar-refractivity contribution in [1.82, 2.24) is 4.90 Å². The van der Waals surface area contributed by atoms with Gasteiger partial charge in [0.15, 0.2) is 0 Å². The lowest BCUT2D eigenvalue weighted by molar-refractivity contribution is 0.00428. The maximum absolute atomic E-state index is 10.6. The van der Waals surface area contributed by atoms with Gasteiger partial charge in [-0.15, -0.1) is 0 Å². The fourth-order valence-corrected chi connectivity index (χ4v) is 3.36. The Morgan fingerprint density at radius 1 is 1.10 bits per heavy atom. The van der Waals surface area contributed by atoms with Crippen molar-refractivity contribution in [2.24, 2.45) is 23.5 Å². The summed E-state index contributed by atoms with van der Waals surface area (Å²) in [5.74, 6) is 1.93. The maximum Gasteiger partial charge on any atom is 0.0797 e. The molecule has 1 rings (SSSR count). The van der Waals surface area contributed by atoms with E-state index in [2.05, 4.69) is 32.6 Å². The van der Waals surface area contributed by atoms with Gasteiger partial charge < -0.3 is 15.7 Å². The van der Waals surface area contributed by atoms with Crippen LogP contribution in [0.4, 0.5) is 0 Å². The van der Waals surface area contributed by atoms with Gasteiger partial charge in [-0.05, 0) is 69.5 Å².